The van der Waals surface area contributed by atoms with Gasteiger partial charge >= 0.3 is 0 Å². The number of quaternary nitrogens is 1. The Hall–Kier alpha value is -3.30. The SMILES string of the molecule is O=C(Nc1ccccc1C(=O)NCCC[NH+]1CCOCC1)c1ccc([N+](=O)[O-])cc1. The van der Waals surface area contributed by atoms with Gasteiger partial charge in [-0.05, 0) is 24.3 Å². The van der Waals surface area contributed by atoms with Crippen LogP contribution in [0.5, 0.6) is 0 Å². The molecule has 1 fully saturated rings. The Labute approximate surface area is 174 Å². The summed E-state index contributed by atoms with van der Waals surface area (Å²) in [6.07, 6.45) is 0.860. The monoisotopic (exact) mass is 413 g/mol. The molecule has 1 aliphatic heterocycles. The number of benzene rings is 2. The van der Waals surface area contributed by atoms with Crippen molar-refractivity contribution in [2.24, 2.45) is 0 Å². The lowest BCUT2D eigenvalue weighted by Crippen LogP contribution is -3.14. The van der Waals surface area contributed by atoms with Gasteiger partial charge in [0, 0.05) is 30.7 Å². The Morgan fingerprint density at radius 1 is 1.03 bits per heavy atom. The maximum Gasteiger partial charge on any atom is 0.269 e. The number of anilines is 1. The Morgan fingerprint density at radius 3 is 2.43 bits per heavy atom. The van der Waals surface area contributed by atoms with E-state index in [1.807, 2.05) is 0 Å². The second-order valence-corrected chi connectivity index (χ2v) is 7.03. The quantitative estimate of drug-likeness (QED) is 0.338. The van der Waals surface area contributed by atoms with E-state index in [2.05, 4.69) is 10.6 Å². The summed E-state index contributed by atoms with van der Waals surface area (Å²) >= 11 is 0. The van der Waals surface area contributed by atoms with Crippen LogP contribution in [0, 0.1) is 10.1 Å². The van der Waals surface area contributed by atoms with Crippen LogP contribution in [-0.4, -0.2) is 56.1 Å². The molecule has 9 nitrogen and oxygen atoms in total. The molecule has 158 valence electrons. The summed E-state index contributed by atoms with van der Waals surface area (Å²) in [5.41, 5.74) is 0.929. The Balaban J connectivity index is 1.55. The van der Waals surface area contributed by atoms with Crippen LogP contribution in [-0.2, 0) is 4.74 Å². The average Bonchev–Trinajstić information content (AvgIpc) is 2.77. The van der Waals surface area contributed by atoms with Crippen LogP contribution in [0.2, 0.25) is 0 Å². The predicted octanol–water partition coefficient (Wildman–Crippen LogP) is 0.882. The van der Waals surface area contributed by atoms with Gasteiger partial charge in [0.2, 0.25) is 0 Å². The molecular formula is C21H25N4O5+. The molecule has 1 aliphatic rings. The van der Waals surface area contributed by atoms with Crippen molar-refractivity contribution in [1.82, 2.24) is 5.32 Å². The standard InChI is InChI=1S/C21H24N4O5/c26-20(16-6-8-17(9-7-16)25(28)29)23-19-5-2-1-4-18(19)21(27)22-10-3-11-24-12-14-30-15-13-24/h1-2,4-9H,3,10-15H2,(H,22,27)(H,23,26)/p+1. The molecule has 2 aromatic rings. The molecule has 9 heteroatoms. The highest BCUT2D eigenvalue weighted by Gasteiger charge is 2.16. The molecule has 0 aliphatic carbocycles. The molecule has 0 bridgehead atoms. The van der Waals surface area contributed by atoms with Gasteiger partial charge in [-0.1, -0.05) is 12.1 Å². The van der Waals surface area contributed by atoms with Gasteiger partial charge < -0.3 is 20.3 Å². The molecule has 1 heterocycles. The lowest BCUT2D eigenvalue weighted by molar-refractivity contribution is -0.908. The lowest BCUT2D eigenvalue weighted by atomic mass is 10.1. The summed E-state index contributed by atoms with van der Waals surface area (Å²) < 4.78 is 5.34. The Kier molecular flexibility index (Phi) is 7.47. The summed E-state index contributed by atoms with van der Waals surface area (Å²) in [6, 6.07) is 12.0. The first-order valence-corrected chi connectivity index (χ1v) is 9.89. The number of para-hydroxylation sites is 1. The van der Waals surface area contributed by atoms with Crippen molar-refractivity contribution in [2.75, 3.05) is 44.7 Å². The summed E-state index contributed by atoms with van der Waals surface area (Å²) in [6.45, 7) is 5.07. The molecule has 0 radical (unpaired) electrons. The van der Waals surface area contributed by atoms with Gasteiger partial charge in [0.1, 0.15) is 13.1 Å². The van der Waals surface area contributed by atoms with Crippen LogP contribution in [0.15, 0.2) is 48.5 Å². The number of hydrogen-bond acceptors (Lipinski definition) is 5. The van der Waals surface area contributed by atoms with E-state index in [0.717, 1.165) is 39.3 Å². The topological polar surface area (TPSA) is 115 Å². The van der Waals surface area contributed by atoms with Crippen LogP contribution >= 0.6 is 0 Å². The third-order valence-electron chi connectivity index (χ3n) is 4.95. The van der Waals surface area contributed by atoms with Crippen molar-refractivity contribution in [1.29, 1.82) is 0 Å². The van der Waals surface area contributed by atoms with E-state index < -0.39 is 10.8 Å². The van der Waals surface area contributed by atoms with Gasteiger partial charge in [-0.2, -0.15) is 0 Å². The molecule has 0 unspecified atom stereocenters. The van der Waals surface area contributed by atoms with E-state index in [-0.39, 0.29) is 17.2 Å². The van der Waals surface area contributed by atoms with Gasteiger partial charge in [-0.25, -0.2) is 0 Å². The minimum atomic E-state index is -0.526. The van der Waals surface area contributed by atoms with Gasteiger partial charge in [0.05, 0.1) is 35.9 Å². The van der Waals surface area contributed by atoms with E-state index in [9.17, 15) is 19.7 Å². The van der Waals surface area contributed by atoms with Gasteiger partial charge in [0.15, 0.2) is 0 Å². The first kappa shape index (κ1) is 21.4. The largest absolute Gasteiger partial charge is 0.370 e. The number of rotatable bonds is 8. The van der Waals surface area contributed by atoms with Crippen molar-refractivity contribution in [3.05, 3.63) is 69.8 Å². The molecule has 3 rings (SSSR count). The molecule has 0 aromatic heterocycles. The first-order chi connectivity index (χ1) is 14.5. The number of non-ortho nitro benzene ring substituents is 1. The smallest absolute Gasteiger partial charge is 0.269 e. The number of nitrogens with zero attached hydrogens (tertiary/aromatic N) is 1. The number of hydrogen-bond donors (Lipinski definition) is 3. The van der Waals surface area contributed by atoms with Crippen molar-refractivity contribution >= 4 is 23.2 Å². The summed E-state index contributed by atoms with van der Waals surface area (Å²) in [5.74, 6) is -0.701. The fraction of sp³-hybridized carbons (Fsp3) is 0.333. The van der Waals surface area contributed by atoms with E-state index in [0.29, 0.717) is 17.8 Å². The average molecular weight is 413 g/mol. The van der Waals surface area contributed by atoms with E-state index in [1.165, 1.54) is 29.2 Å². The molecule has 30 heavy (non-hydrogen) atoms. The second kappa shape index (κ2) is 10.5. The van der Waals surface area contributed by atoms with Gasteiger partial charge in [0.25, 0.3) is 17.5 Å². The lowest BCUT2D eigenvalue weighted by Gasteiger charge is -2.23. The second-order valence-electron chi connectivity index (χ2n) is 7.03. The molecule has 1 saturated heterocycles. The zero-order chi connectivity index (χ0) is 21.3. The highest BCUT2D eigenvalue weighted by molar-refractivity contribution is 6.09. The number of carbonyl (C=O) groups is 2. The Bertz CT molecular complexity index is 895. The molecule has 0 atom stereocenters. The zero-order valence-electron chi connectivity index (χ0n) is 16.6. The summed E-state index contributed by atoms with van der Waals surface area (Å²) in [5, 5.41) is 16.4. The van der Waals surface area contributed by atoms with Crippen LogP contribution < -0.4 is 15.5 Å². The number of amides is 2. The van der Waals surface area contributed by atoms with Gasteiger partial charge in [-0.15, -0.1) is 0 Å². The third kappa shape index (κ3) is 5.85. The normalized spacial score (nSPS) is 14.1. The number of nitro benzene ring substituents is 1. The fourth-order valence-electron chi connectivity index (χ4n) is 3.26. The predicted molar refractivity (Wildman–Crippen MR) is 111 cm³/mol. The molecule has 2 aromatic carbocycles. The van der Waals surface area contributed by atoms with Crippen LogP contribution in [0.25, 0.3) is 0 Å². The minimum absolute atomic E-state index is 0.0924. The van der Waals surface area contributed by atoms with Crippen LogP contribution in [0.4, 0.5) is 11.4 Å². The maximum atomic E-state index is 12.6. The van der Waals surface area contributed by atoms with E-state index in [1.54, 1.807) is 24.3 Å². The van der Waals surface area contributed by atoms with Crippen molar-refractivity contribution in [2.45, 2.75) is 6.42 Å². The highest BCUT2D eigenvalue weighted by Crippen LogP contribution is 2.18. The molecule has 0 spiro atoms. The number of morpholine rings is 1. The highest BCUT2D eigenvalue weighted by atomic mass is 16.6. The first-order valence-electron chi connectivity index (χ1n) is 9.89. The molecule has 2 amide bonds. The van der Waals surface area contributed by atoms with E-state index >= 15 is 0 Å². The fourth-order valence-corrected chi connectivity index (χ4v) is 3.26. The van der Waals surface area contributed by atoms with Crippen molar-refractivity contribution in [3.63, 3.8) is 0 Å². The number of carbonyl (C=O) groups excluding carboxylic acids is 2. The van der Waals surface area contributed by atoms with E-state index in [4.69, 9.17) is 4.74 Å². The van der Waals surface area contributed by atoms with Crippen LogP contribution in [0.1, 0.15) is 27.1 Å². The van der Waals surface area contributed by atoms with Crippen molar-refractivity contribution < 1.29 is 24.1 Å². The summed E-state index contributed by atoms with van der Waals surface area (Å²) in [7, 11) is 0. The van der Waals surface area contributed by atoms with Crippen LogP contribution in [0.3, 0.4) is 0 Å². The molecule has 3 N–H and O–H groups in total. The zero-order valence-corrected chi connectivity index (χ0v) is 16.6. The number of nitro groups is 1. The summed E-state index contributed by atoms with van der Waals surface area (Å²) in [4.78, 5) is 36.8. The number of nitrogens with one attached hydrogen (secondary N) is 3. The van der Waals surface area contributed by atoms with Gasteiger partial charge in [-0.3, -0.25) is 19.7 Å². The third-order valence-corrected chi connectivity index (χ3v) is 4.95. The molecule has 0 saturated carbocycles. The Morgan fingerprint density at radius 2 is 1.73 bits per heavy atom. The maximum absolute atomic E-state index is 12.6. The number of ether oxygens (including phenoxy) is 1. The minimum Gasteiger partial charge on any atom is -0.370 e. The van der Waals surface area contributed by atoms with Crippen molar-refractivity contribution in [3.8, 4) is 0 Å². The molecular weight excluding hydrogens is 388 g/mol.